The first-order chi connectivity index (χ1) is 13.8. The number of para-hydroxylation sites is 1. The second-order valence-electron chi connectivity index (χ2n) is 6.62. The second kappa shape index (κ2) is 8.52. The van der Waals surface area contributed by atoms with E-state index >= 15 is 0 Å². The molecule has 3 aromatic rings. The van der Waals surface area contributed by atoms with Crippen LogP contribution < -0.4 is 9.47 Å². The first-order valence-corrected chi connectivity index (χ1v) is 9.33. The second-order valence-corrected chi connectivity index (χ2v) is 6.62. The van der Waals surface area contributed by atoms with Crippen LogP contribution in [0.15, 0.2) is 73.2 Å². The Kier molecular flexibility index (Phi) is 5.47. The number of ether oxygens (including phenoxy) is 2. The molecule has 0 spiro atoms. The number of nitrogens with zero attached hydrogens (tertiary/aromatic N) is 3. The minimum absolute atomic E-state index is 0.00120. The monoisotopic (exact) mass is 375 g/mol. The zero-order chi connectivity index (χ0) is 19.2. The summed E-state index contributed by atoms with van der Waals surface area (Å²) in [5.41, 5.74) is 0.639. The lowest BCUT2D eigenvalue weighted by atomic mass is 10.1. The predicted octanol–water partition coefficient (Wildman–Crippen LogP) is 3.95. The summed E-state index contributed by atoms with van der Waals surface area (Å²) in [4.78, 5) is 22.9. The minimum atomic E-state index is -0.0740. The molecule has 1 unspecified atom stereocenters. The van der Waals surface area contributed by atoms with Crippen molar-refractivity contribution in [1.82, 2.24) is 14.9 Å². The van der Waals surface area contributed by atoms with Crippen molar-refractivity contribution in [3.8, 4) is 17.4 Å². The van der Waals surface area contributed by atoms with Crippen LogP contribution in [0.3, 0.4) is 0 Å². The molecule has 6 nitrogen and oxygen atoms in total. The van der Waals surface area contributed by atoms with E-state index in [-0.39, 0.29) is 12.0 Å². The lowest BCUT2D eigenvalue weighted by Crippen LogP contribution is -2.44. The van der Waals surface area contributed by atoms with Gasteiger partial charge in [-0.2, -0.15) is 0 Å². The Labute approximate surface area is 163 Å². The van der Waals surface area contributed by atoms with Gasteiger partial charge in [0, 0.05) is 24.5 Å². The van der Waals surface area contributed by atoms with Gasteiger partial charge in [0.25, 0.3) is 5.91 Å². The predicted molar refractivity (Wildman–Crippen MR) is 105 cm³/mol. The number of carbonyl (C=O) groups is 1. The van der Waals surface area contributed by atoms with Gasteiger partial charge in [-0.15, -0.1) is 0 Å². The summed E-state index contributed by atoms with van der Waals surface area (Å²) in [6.07, 6.45) is 6.51. The highest BCUT2D eigenvalue weighted by molar-refractivity contribution is 5.94. The Morgan fingerprint density at radius 1 is 1.00 bits per heavy atom. The molecule has 1 aromatic heterocycles. The third-order valence-electron chi connectivity index (χ3n) is 4.57. The van der Waals surface area contributed by atoms with Crippen molar-refractivity contribution in [3.05, 3.63) is 78.8 Å². The van der Waals surface area contributed by atoms with Crippen LogP contribution in [0.2, 0.25) is 0 Å². The number of benzene rings is 2. The molecule has 0 saturated carbocycles. The molecular formula is C22H21N3O3. The summed E-state index contributed by atoms with van der Waals surface area (Å²) in [6, 6.07) is 16.8. The van der Waals surface area contributed by atoms with Crippen molar-refractivity contribution in [2.24, 2.45) is 0 Å². The first-order valence-electron chi connectivity index (χ1n) is 9.33. The fourth-order valence-electron chi connectivity index (χ4n) is 3.21. The topological polar surface area (TPSA) is 64.5 Å². The smallest absolute Gasteiger partial charge is 0.253 e. The van der Waals surface area contributed by atoms with Gasteiger partial charge in [-0.25, -0.2) is 4.98 Å². The molecule has 2 aromatic carbocycles. The Hall–Kier alpha value is -3.41. The van der Waals surface area contributed by atoms with Crippen LogP contribution in [-0.2, 0) is 0 Å². The van der Waals surface area contributed by atoms with E-state index in [1.54, 1.807) is 30.7 Å². The molecule has 4 rings (SSSR count). The lowest BCUT2D eigenvalue weighted by molar-refractivity contribution is 0.0527. The summed E-state index contributed by atoms with van der Waals surface area (Å²) < 4.78 is 11.7. The third-order valence-corrected chi connectivity index (χ3v) is 4.57. The van der Waals surface area contributed by atoms with Gasteiger partial charge in [0.05, 0.1) is 12.7 Å². The van der Waals surface area contributed by atoms with Crippen molar-refractivity contribution in [2.45, 2.75) is 18.9 Å². The van der Waals surface area contributed by atoms with E-state index in [0.29, 0.717) is 23.7 Å². The van der Waals surface area contributed by atoms with Gasteiger partial charge in [0.15, 0.2) is 0 Å². The quantitative estimate of drug-likeness (QED) is 0.676. The number of hydrogen-bond donors (Lipinski definition) is 0. The van der Waals surface area contributed by atoms with E-state index < -0.39 is 0 Å². The van der Waals surface area contributed by atoms with Gasteiger partial charge >= 0.3 is 0 Å². The van der Waals surface area contributed by atoms with Crippen LogP contribution in [0.4, 0.5) is 0 Å². The molecule has 0 radical (unpaired) electrons. The molecule has 1 aliphatic heterocycles. The van der Waals surface area contributed by atoms with Crippen LogP contribution in [0, 0.1) is 0 Å². The van der Waals surface area contributed by atoms with Crippen molar-refractivity contribution in [2.75, 3.05) is 13.1 Å². The lowest BCUT2D eigenvalue weighted by Gasteiger charge is -2.32. The molecule has 6 heteroatoms. The summed E-state index contributed by atoms with van der Waals surface area (Å²) in [6.45, 7) is 1.26. The summed E-state index contributed by atoms with van der Waals surface area (Å²) in [5, 5.41) is 0. The largest absolute Gasteiger partial charge is 0.471 e. The zero-order valence-corrected chi connectivity index (χ0v) is 15.4. The van der Waals surface area contributed by atoms with Gasteiger partial charge in [0.2, 0.25) is 5.88 Å². The molecule has 0 N–H and O–H groups in total. The molecule has 142 valence electrons. The average Bonchev–Trinajstić information content (AvgIpc) is 2.75. The number of amides is 1. The van der Waals surface area contributed by atoms with Gasteiger partial charge < -0.3 is 14.4 Å². The molecule has 1 atom stereocenters. The maximum atomic E-state index is 12.9. The van der Waals surface area contributed by atoms with Crippen molar-refractivity contribution in [1.29, 1.82) is 0 Å². The summed E-state index contributed by atoms with van der Waals surface area (Å²) >= 11 is 0. The maximum Gasteiger partial charge on any atom is 0.253 e. The Morgan fingerprint density at radius 3 is 2.54 bits per heavy atom. The number of hydrogen-bond acceptors (Lipinski definition) is 5. The van der Waals surface area contributed by atoms with Gasteiger partial charge in [-0.3, -0.25) is 9.78 Å². The van der Waals surface area contributed by atoms with Crippen LogP contribution in [0.1, 0.15) is 23.2 Å². The van der Waals surface area contributed by atoms with E-state index in [4.69, 9.17) is 9.47 Å². The molecule has 0 aliphatic carbocycles. The Morgan fingerprint density at radius 2 is 1.79 bits per heavy atom. The van der Waals surface area contributed by atoms with Crippen LogP contribution in [0.25, 0.3) is 0 Å². The standard InChI is InChI=1S/C22H21N3O3/c26-22(17-8-10-19(11-9-17)27-18-5-2-1-3-6-18)25-14-4-7-20(16-25)28-21-15-23-12-13-24-21/h1-3,5-6,8-13,15,20H,4,7,14,16H2. The molecular weight excluding hydrogens is 354 g/mol. The minimum Gasteiger partial charge on any atom is -0.471 e. The van der Waals surface area contributed by atoms with E-state index in [2.05, 4.69) is 9.97 Å². The summed E-state index contributed by atoms with van der Waals surface area (Å²) in [7, 11) is 0. The molecule has 1 aliphatic rings. The van der Waals surface area contributed by atoms with Crippen molar-refractivity contribution < 1.29 is 14.3 Å². The molecule has 1 fully saturated rings. The average molecular weight is 375 g/mol. The Bertz CT molecular complexity index is 901. The molecule has 0 bridgehead atoms. The number of piperidine rings is 1. The number of carbonyl (C=O) groups excluding carboxylic acids is 1. The van der Waals surface area contributed by atoms with Crippen molar-refractivity contribution >= 4 is 5.91 Å². The molecule has 28 heavy (non-hydrogen) atoms. The van der Waals surface area contributed by atoms with E-state index in [1.165, 1.54) is 0 Å². The van der Waals surface area contributed by atoms with Crippen LogP contribution in [-0.4, -0.2) is 40.0 Å². The maximum absolute atomic E-state index is 12.9. The first kappa shape index (κ1) is 18.0. The molecule has 1 saturated heterocycles. The SMILES string of the molecule is O=C(c1ccc(Oc2ccccc2)cc1)N1CCCC(Oc2cnccn2)C1. The third kappa shape index (κ3) is 4.46. The van der Waals surface area contributed by atoms with E-state index in [0.717, 1.165) is 25.1 Å². The van der Waals surface area contributed by atoms with Gasteiger partial charge in [-0.05, 0) is 49.2 Å². The molecule has 2 heterocycles. The molecule has 1 amide bonds. The Balaban J connectivity index is 1.38. The van der Waals surface area contributed by atoms with Gasteiger partial charge in [-0.1, -0.05) is 18.2 Å². The van der Waals surface area contributed by atoms with Crippen LogP contribution in [0.5, 0.6) is 17.4 Å². The number of likely N-dealkylation sites (tertiary alicyclic amines) is 1. The highest BCUT2D eigenvalue weighted by atomic mass is 16.5. The highest BCUT2D eigenvalue weighted by Gasteiger charge is 2.26. The van der Waals surface area contributed by atoms with Crippen LogP contribution >= 0.6 is 0 Å². The van der Waals surface area contributed by atoms with E-state index in [1.807, 2.05) is 47.4 Å². The fourth-order valence-corrected chi connectivity index (χ4v) is 3.21. The number of rotatable bonds is 5. The highest BCUT2D eigenvalue weighted by Crippen LogP contribution is 2.23. The van der Waals surface area contributed by atoms with E-state index in [9.17, 15) is 4.79 Å². The fraction of sp³-hybridized carbons (Fsp3) is 0.227. The zero-order valence-electron chi connectivity index (χ0n) is 15.4. The number of aromatic nitrogens is 2. The normalized spacial score (nSPS) is 16.4. The van der Waals surface area contributed by atoms with Crippen molar-refractivity contribution in [3.63, 3.8) is 0 Å². The summed E-state index contributed by atoms with van der Waals surface area (Å²) in [5.74, 6) is 1.95. The van der Waals surface area contributed by atoms with Gasteiger partial charge in [0.1, 0.15) is 17.6 Å².